The number of carbonyl (C=O) groups is 3. The molecule has 0 saturated carbocycles. The van der Waals surface area contributed by atoms with Crippen LogP contribution in [-0.4, -0.2) is 43.1 Å². The van der Waals surface area contributed by atoms with E-state index in [4.69, 9.17) is 4.52 Å². The molecule has 4 rings (SSSR count). The fourth-order valence-corrected chi connectivity index (χ4v) is 5.61. The molecule has 12 nitrogen and oxygen atoms in total. The van der Waals surface area contributed by atoms with Gasteiger partial charge in [0.1, 0.15) is 11.4 Å². The van der Waals surface area contributed by atoms with Crippen molar-refractivity contribution in [3.63, 3.8) is 0 Å². The maximum atomic E-state index is 13.3. The molecular formula is C26H29N5O7S. The lowest BCUT2D eigenvalue weighted by Gasteiger charge is -2.29. The van der Waals surface area contributed by atoms with Gasteiger partial charge in [0, 0.05) is 35.6 Å². The molecule has 2 heterocycles. The fraction of sp³-hybridized carbons (Fsp3) is 0.308. The predicted molar refractivity (Wildman–Crippen MR) is 143 cm³/mol. The molecule has 3 aromatic rings. The van der Waals surface area contributed by atoms with Crippen LogP contribution in [0.4, 0.5) is 21.9 Å². The van der Waals surface area contributed by atoms with E-state index in [0.717, 1.165) is 0 Å². The van der Waals surface area contributed by atoms with Gasteiger partial charge in [-0.05, 0) is 55.7 Å². The Morgan fingerprint density at radius 1 is 1.10 bits per heavy atom. The summed E-state index contributed by atoms with van der Waals surface area (Å²) in [6.45, 7) is 8.72. The molecule has 0 unspecified atom stereocenters. The Hall–Kier alpha value is -4.39. The van der Waals surface area contributed by atoms with Crippen LogP contribution in [0.2, 0.25) is 0 Å². The number of nitrogens with zero attached hydrogens (tertiary/aromatic N) is 2. The highest BCUT2D eigenvalue weighted by Gasteiger charge is 2.30. The van der Waals surface area contributed by atoms with Gasteiger partial charge in [-0.3, -0.25) is 24.5 Å². The molecule has 1 saturated heterocycles. The minimum atomic E-state index is -3.94. The highest BCUT2D eigenvalue weighted by atomic mass is 32.2. The average Bonchev–Trinajstić information content (AvgIpc) is 3.18. The number of hydrogen-bond donors (Lipinski definition) is 4. The molecule has 206 valence electrons. The Kier molecular flexibility index (Phi) is 7.13. The van der Waals surface area contributed by atoms with Crippen LogP contribution in [-0.2, 0) is 20.2 Å². The summed E-state index contributed by atoms with van der Waals surface area (Å²) < 4.78 is 32.9. The first-order chi connectivity index (χ1) is 18.2. The van der Waals surface area contributed by atoms with E-state index < -0.39 is 27.4 Å². The van der Waals surface area contributed by atoms with Gasteiger partial charge < -0.3 is 14.9 Å². The molecule has 1 aliphatic heterocycles. The number of sulfonamides is 1. The lowest BCUT2D eigenvalue weighted by molar-refractivity contribution is -0.120. The zero-order valence-corrected chi connectivity index (χ0v) is 22.9. The second kappa shape index (κ2) is 10.1. The van der Waals surface area contributed by atoms with Crippen LogP contribution in [0, 0.1) is 13.8 Å². The number of benzene rings is 2. The van der Waals surface area contributed by atoms with Crippen LogP contribution in [0.1, 0.15) is 54.6 Å². The number of aromatic hydroxyl groups is 1. The van der Waals surface area contributed by atoms with Crippen LogP contribution >= 0.6 is 0 Å². The number of carbonyl (C=O) groups excluding carboxylic acids is 3. The third-order valence-electron chi connectivity index (χ3n) is 6.14. The van der Waals surface area contributed by atoms with Crippen molar-refractivity contribution in [3.05, 3.63) is 59.0 Å². The Morgan fingerprint density at radius 3 is 2.31 bits per heavy atom. The number of phenols is 1. The molecule has 13 heteroatoms. The van der Waals surface area contributed by atoms with Crippen molar-refractivity contribution in [2.75, 3.05) is 21.5 Å². The van der Waals surface area contributed by atoms with Crippen molar-refractivity contribution in [1.82, 2.24) is 10.5 Å². The number of aryl methyl sites for hydroxylation is 2. The Morgan fingerprint density at radius 2 is 1.74 bits per heavy atom. The minimum absolute atomic E-state index is 0.0448. The second-order valence-corrected chi connectivity index (χ2v) is 11.8. The molecule has 1 aliphatic rings. The zero-order chi connectivity index (χ0) is 28.7. The third-order valence-corrected chi connectivity index (χ3v) is 7.77. The lowest BCUT2D eigenvalue weighted by atomic mass is 9.84. The molecule has 0 aliphatic carbocycles. The van der Waals surface area contributed by atoms with Gasteiger partial charge in [-0.1, -0.05) is 25.9 Å². The molecule has 0 atom stereocenters. The minimum Gasteiger partial charge on any atom is -0.507 e. The summed E-state index contributed by atoms with van der Waals surface area (Å²) in [5.74, 6) is -1.10. The number of urea groups is 1. The van der Waals surface area contributed by atoms with Crippen molar-refractivity contribution in [2.24, 2.45) is 0 Å². The van der Waals surface area contributed by atoms with Gasteiger partial charge >= 0.3 is 6.03 Å². The standard InChI is InChI=1S/C26H29N5O7S/c1-14-23(15(2)38-29-14)39(36,37)30-17-8-6-16(7-9-17)27-24(34)19-12-18(13-20(22(19)33)26(3,4)5)31-11-10-21(32)28-25(31)35/h6-9,12-13,30,33H,10-11H2,1-5H3,(H,27,34)(H,28,32,35). The number of hydrogen-bond acceptors (Lipinski definition) is 8. The monoisotopic (exact) mass is 555 g/mol. The smallest absolute Gasteiger partial charge is 0.328 e. The van der Waals surface area contributed by atoms with Crippen molar-refractivity contribution in [2.45, 2.75) is 51.3 Å². The molecule has 0 bridgehead atoms. The van der Waals surface area contributed by atoms with Gasteiger partial charge in [0.05, 0.1) is 5.56 Å². The highest BCUT2D eigenvalue weighted by molar-refractivity contribution is 7.92. The molecule has 0 spiro atoms. The summed E-state index contributed by atoms with van der Waals surface area (Å²) in [6, 6.07) is 8.34. The quantitative estimate of drug-likeness (QED) is 0.356. The Bertz CT molecular complexity index is 1550. The molecule has 0 radical (unpaired) electrons. The summed E-state index contributed by atoms with van der Waals surface area (Å²) in [4.78, 5) is 38.6. The molecule has 1 aromatic heterocycles. The van der Waals surface area contributed by atoms with Crippen LogP contribution in [0.5, 0.6) is 5.75 Å². The maximum absolute atomic E-state index is 13.3. The van der Waals surface area contributed by atoms with E-state index in [1.165, 1.54) is 49.1 Å². The van der Waals surface area contributed by atoms with Crippen LogP contribution in [0.25, 0.3) is 0 Å². The molecule has 4 amide bonds. The molecule has 1 fully saturated rings. The first-order valence-corrected chi connectivity index (χ1v) is 13.5. The summed E-state index contributed by atoms with van der Waals surface area (Å²) in [5, 5.41) is 19.6. The Labute approximate surface area is 225 Å². The van der Waals surface area contributed by atoms with Gasteiger partial charge in [-0.2, -0.15) is 0 Å². The zero-order valence-electron chi connectivity index (χ0n) is 22.1. The molecule has 2 aromatic carbocycles. The second-order valence-electron chi connectivity index (χ2n) is 10.2. The van der Waals surface area contributed by atoms with Gasteiger partial charge in [-0.15, -0.1) is 0 Å². The van der Waals surface area contributed by atoms with E-state index in [9.17, 15) is 27.9 Å². The summed E-state index contributed by atoms with van der Waals surface area (Å²) in [6.07, 6.45) is 0.103. The number of nitrogens with one attached hydrogen (secondary N) is 3. The van der Waals surface area contributed by atoms with Crippen LogP contribution in [0.3, 0.4) is 0 Å². The summed E-state index contributed by atoms with van der Waals surface area (Å²) in [5.41, 5.74) is 0.981. The molecular weight excluding hydrogens is 526 g/mol. The number of rotatable bonds is 6. The van der Waals surface area contributed by atoms with Crippen molar-refractivity contribution in [1.29, 1.82) is 0 Å². The number of anilines is 3. The van der Waals surface area contributed by atoms with E-state index in [0.29, 0.717) is 16.9 Å². The normalized spacial score (nSPS) is 14.2. The number of amides is 4. The summed E-state index contributed by atoms with van der Waals surface area (Å²) >= 11 is 0. The molecule has 4 N–H and O–H groups in total. The van der Waals surface area contributed by atoms with Crippen molar-refractivity contribution in [3.8, 4) is 5.75 Å². The van der Waals surface area contributed by atoms with E-state index in [1.54, 1.807) is 6.07 Å². The molecule has 39 heavy (non-hydrogen) atoms. The van der Waals surface area contributed by atoms with E-state index in [1.807, 2.05) is 20.8 Å². The lowest BCUT2D eigenvalue weighted by Crippen LogP contribution is -2.49. The van der Waals surface area contributed by atoms with E-state index in [-0.39, 0.29) is 52.2 Å². The van der Waals surface area contributed by atoms with Gasteiger partial charge in [0.2, 0.25) is 5.91 Å². The summed E-state index contributed by atoms with van der Waals surface area (Å²) in [7, 11) is -3.94. The SMILES string of the molecule is Cc1noc(C)c1S(=O)(=O)Nc1ccc(NC(=O)c2cc(N3CCC(=O)NC3=O)cc(C(C)(C)C)c2O)cc1. The van der Waals surface area contributed by atoms with Gasteiger partial charge in [0.15, 0.2) is 10.7 Å². The fourth-order valence-electron chi connectivity index (χ4n) is 4.21. The first kappa shape index (κ1) is 27.6. The van der Waals surface area contributed by atoms with Crippen molar-refractivity contribution < 1.29 is 32.4 Å². The average molecular weight is 556 g/mol. The predicted octanol–water partition coefficient (Wildman–Crippen LogP) is 3.79. The first-order valence-electron chi connectivity index (χ1n) is 12.0. The van der Waals surface area contributed by atoms with Crippen molar-refractivity contribution >= 4 is 44.9 Å². The van der Waals surface area contributed by atoms with Gasteiger partial charge in [-0.25, -0.2) is 13.2 Å². The van der Waals surface area contributed by atoms with Crippen LogP contribution in [0.15, 0.2) is 45.8 Å². The highest BCUT2D eigenvalue weighted by Crippen LogP contribution is 2.38. The van der Waals surface area contributed by atoms with E-state index in [2.05, 4.69) is 20.5 Å². The Balaban J connectivity index is 1.59. The van der Waals surface area contributed by atoms with E-state index >= 15 is 0 Å². The number of aromatic nitrogens is 1. The largest absolute Gasteiger partial charge is 0.507 e. The van der Waals surface area contributed by atoms with Gasteiger partial charge in [0.25, 0.3) is 15.9 Å². The maximum Gasteiger partial charge on any atom is 0.328 e. The third kappa shape index (κ3) is 5.72. The van der Waals surface area contributed by atoms with Crippen LogP contribution < -0.4 is 20.3 Å². The number of imide groups is 1. The topological polar surface area (TPSA) is 171 Å². The number of phenolic OH excluding ortho intramolecular Hbond substituents is 1.